The van der Waals surface area contributed by atoms with Crippen LogP contribution in [0.2, 0.25) is 0 Å². The molecule has 1 aromatic carbocycles. The minimum atomic E-state index is -0.264. The minimum absolute atomic E-state index is 0.130. The van der Waals surface area contributed by atoms with Gasteiger partial charge in [0.15, 0.2) is 0 Å². The highest BCUT2D eigenvalue weighted by Crippen LogP contribution is 2.20. The van der Waals surface area contributed by atoms with Gasteiger partial charge in [-0.15, -0.1) is 5.10 Å². The van der Waals surface area contributed by atoms with E-state index in [-0.39, 0.29) is 11.9 Å². The maximum Gasteiger partial charge on any atom is 0.138 e. The molecule has 0 radical (unpaired) electrons. The highest BCUT2D eigenvalue weighted by atomic mass is 127. The fourth-order valence-electron chi connectivity index (χ4n) is 1.44. The van der Waals surface area contributed by atoms with E-state index < -0.39 is 0 Å². The molecule has 4 nitrogen and oxygen atoms in total. The summed E-state index contributed by atoms with van der Waals surface area (Å²) in [7, 11) is 0. The van der Waals surface area contributed by atoms with Crippen molar-refractivity contribution in [3.63, 3.8) is 0 Å². The molecule has 90 valence electrons. The second kappa shape index (κ2) is 5.09. The van der Waals surface area contributed by atoms with Gasteiger partial charge >= 0.3 is 0 Å². The van der Waals surface area contributed by atoms with E-state index in [1.165, 1.54) is 6.07 Å². The molecule has 0 saturated carbocycles. The van der Waals surface area contributed by atoms with Gasteiger partial charge in [-0.2, -0.15) is 0 Å². The molecule has 0 amide bonds. The molecule has 0 aliphatic rings. The van der Waals surface area contributed by atoms with Gasteiger partial charge in [-0.1, -0.05) is 18.2 Å². The van der Waals surface area contributed by atoms with Crippen LogP contribution in [0, 0.1) is 9.39 Å². The molecule has 0 spiro atoms. The molecule has 2 aromatic rings. The lowest BCUT2D eigenvalue weighted by Gasteiger charge is -2.04. The quantitative estimate of drug-likeness (QED) is 0.869. The van der Waals surface area contributed by atoms with Gasteiger partial charge in [0, 0.05) is 0 Å². The molecular formula is C11H12FIN4. The third kappa shape index (κ3) is 2.47. The van der Waals surface area contributed by atoms with Crippen molar-refractivity contribution < 1.29 is 4.39 Å². The first-order valence-electron chi connectivity index (χ1n) is 5.25. The molecule has 1 aromatic heterocycles. The van der Waals surface area contributed by atoms with Crippen molar-refractivity contribution in [2.75, 3.05) is 0 Å². The number of hydrogen-bond donors (Lipinski definition) is 1. The summed E-state index contributed by atoms with van der Waals surface area (Å²) in [6.07, 6.45) is 2.53. The van der Waals surface area contributed by atoms with E-state index in [0.717, 1.165) is 6.42 Å². The van der Waals surface area contributed by atoms with Gasteiger partial charge in [0.2, 0.25) is 0 Å². The van der Waals surface area contributed by atoms with E-state index in [9.17, 15) is 4.39 Å². The second-order valence-corrected chi connectivity index (χ2v) is 4.75. The Balaban J connectivity index is 2.40. The molecule has 1 heterocycles. The van der Waals surface area contributed by atoms with Gasteiger partial charge in [-0.3, -0.25) is 0 Å². The summed E-state index contributed by atoms with van der Waals surface area (Å²) in [4.78, 5) is 0. The van der Waals surface area contributed by atoms with Crippen molar-refractivity contribution in [1.82, 2.24) is 15.0 Å². The van der Waals surface area contributed by atoms with Crippen molar-refractivity contribution in [2.24, 2.45) is 5.73 Å². The highest BCUT2D eigenvalue weighted by molar-refractivity contribution is 14.1. The first-order chi connectivity index (χ1) is 8.13. The number of nitrogens with zero attached hydrogens (tertiary/aromatic N) is 3. The second-order valence-electron chi connectivity index (χ2n) is 3.68. The third-order valence-corrected chi connectivity index (χ3v) is 3.58. The fraction of sp³-hybridized carbons (Fsp3) is 0.273. The number of benzene rings is 1. The summed E-state index contributed by atoms with van der Waals surface area (Å²) in [5.41, 5.74) is 7.25. The molecule has 6 heteroatoms. The van der Waals surface area contributed by atoms with Gasteiger partial charge in [-0.25, -0.2) is 9.07 Å². The minimum Gasteiger partial charge on any atom is -0.323 e. The summed E-state index contributed by atoms with van der Waals surface area (Å²) >= 11 is 1.95. The average molecular weight is 346 g/mol. The van der Waals surface area contributed by atoms with Crippen LogP contribution in [0.5, 0.6) is 0 Å². The molecule has 0 saturated heterocycles. The molecule has 0 bridgehead atoms. The number of hydrogen-bond acceptors (Lipinski definition) is 3. The van der Waals surface area contributed by atoms with Crippen molar-refractivity contribution in [2.45, 2.75) is 19.4 Å². The molecule has 2 rings (SSSR count). The zero-order chi connectivity index (χ0) is 12.4. The van der Waals surface area contributed by atoms with Crippen LogP contribution in [-0.4, -0.2) is 15.0 Å². The lowest BCUT2D eigenvalue weighted by molar-refractivity contribution is 0.616. The van der Waals surface area contributed by atoms with Gasteiger partial charge in [0.1, 0.15) is 5.82 Å². The van der Waals surface area contributed by atoms with E-state index in [4.69, 9.17) is 5.73 Å². The Labute approximate surface area is 112 Å². The summed E-state index contributed by atoms with van der Waals surface area (Å²) < 4.78 is 15.5. The lowest BCUT2D eigenvalue weighted by Crippen LogP contribution is -2.08. The van der Waals surface area contributed by atoms with E-state index in [2.05, 4.69) is 10.3 Å². The monoisotopic (exact) mass is 346 g/mol. The van der Waals surface area contributed by atoms with Crippen LogP contribution in [0.1, 0.15) is 25.1 Å². The Bertz CT molecular complexity index is 526. The summed E-state index contributed by atoms with van der Waals surface area (Å²) in [6, 6.07) is 4.73. The molecule has 2 N–H and O–H groups in total. The van der Waals surface area contributed by atoms with Crippen LogP contribution in [-0.2, 0) is 0 Å². The van der Waals surface area contributed by atoms with Crippen molar-refractivity contribution in [1.29, 1.82) is 0 Å². The smallest absolute Gasteiger partial charge is 0.138 e. The predicted octanol–water partition coefficient (Wildman–Crippen LogP) is 2.42. The molecule has 17 heavy (non-hydrogen) atoms. The van der Waals surface area contributed by atoms with E-state index in [1.54, 1.807) is 23.0 Å². The SMILES string of the molecule is CCC(N)c1cn(-c2cccc(F)c2I)nn1. The lowest BCUT2D eigenvalue weighted by atomic mass is 10.2. The Kier molecular flexibility index (Phi) is 3.72. The Morgan fingerprint density at radius 2 is 2.29 bits per heavy atom. The van der Waals surface area contributed by atoms with Crippen LogP contribution in [0.4, 0.5) is 4.39 Å². The van der Waals surface area contributed by atoms with E-state index in [0.29, 0.717) is 15.0 Å². The van der Waals surface area contributed by atoms with Gasteiger partial charge in [0.05, 0.1) is 27.2 Å². The van der Waals surface area contributed by atoms with Crippen LogP contribution in [0.15, 0.2) is 24.4 Å². The Morgan fingerprint density at radius 3 is 3.00 bits per heavy atom. The van der Waals surface area contributed by atoms with Crippen molar-refractivity contribution in [3.05, 3.63) is 39.5 Å². The molecule has 1 unspecified atom stereocenters. The number of halogens is 2. The van der Waals surface area contributed by atoms with Crippen LogP contribution in [0.25, 0.3) is 5.69 Å². The van der Waals surface area contributed by atoms with Crippen LogP contribution < -0.4 is 5.73 Å². The topological polar surface area (TPSA) is 56.7 Å². The maximum atomic E-state index is 13.4. The summed E-state index contributed by atoms with van der Waals surface area (Å²) in [6.45, 7) is 1.98. The first kappa shape index (κ1) is 12.4. The number of aromatic nitrogens is 3. The zero-order valence-electron chi connectivity index (χ0n) is 9.27. The zero-order valence-corrected chi connectivity index (χ0v) is 11.4. The largest absolute Gasteiger partial charge is 0.323 e. The predicted molar refractivity (Wildman–Crippen MR) is 71.3 cm³/mol. The van der Waals surface area contributed by atoms with Crippen molar-refractivity contribution >= 4 is 22.6 Å². The van der Waals surface area contributed by atoms with Gasteiger partial charge in [-0.05, 0) is 41.1 Å². The Morgan fingerprint density at radius 1 is 1.53 bits per heavy atom. The fourth-order valence-corrected chi connectivity index (χ4v) is 2.05. The molecule has 1 atom stereocenters. The maximum absolute atomic E-state index is 13.4. The first-order valence-corrected chi connectivity index (χ1v) is 6.33. The average Bonchev–Trinajstić information content (AvgIpc) is 2.81. The normalized spacial score (nSPS) is 12.7. The summed E-state index contributed by atoms with van der Waals surface area (Å²) in [5.74, 6) is -0.264. The molecular weight excluding hydrogens is 334 g/mol. The molecule has 0 aliphatic heterocycles. The Hall–Kier alpha value is -1.02. The van der Waals surface area contributed by atoms with Crippen LogP contribution in [0.3, 0.4) is 0 Å². The number of rotatable bonds is 3. The number of nitrogens with two attached hydrogens (primary N) is 1. The van der Waals surface area contributed by atoms with Gasteiger partial charge in [0.25, 0.3) is 0 Å². The third-order valence-electron chi connectivity index (χ3n) is 2.51. The standard InChI is InChI=1S/C11H12FIN4/c1-2-8(14)9-6-17(16-15-9)10-5-3-4-7(12)11(10)13/h3-6,8H,2,14H2,1H3. The highest BCUT2D eigenvalue weighted by Gasteiger charge is 2.12. The summed E-state index contributed by atoms with van der Waals surface area (Å²) in [5, 5.41) is 7.97. The molecule has 0 fully saturated rings. The van der Waals surface area contributed by atoms with Crippen LogP contribution >= 0.6 is 22.6 Å². The van der Waals surface area contributed by atoms with E-state index in [1.807, 2.05) is 29.5 Å². The molecule has 0 aliphatic carbocycles. The van der Waals surface area contributed by atoms with Crippen molar-refractivity contribution in [3.8, 4) is 5.69 Å². The van der Waals surface area contributed by atoms with E-state index >= 15 is 0 Å². The van der Waals surface area contributed by atoms with Gasteiger partial charge < -0.3 is 5.73 Å².